The zero-order chi connectivity index (χ0) is 17.1. The number of fused-ring (bicyclic) bond motifs is 1. The van der Waals surface area contributed by atoms with Crippen LogP contribution in [0.2, 0.25) is 0 Å². The second kappa shape index (κ2) is 7.03. The minimum atomic E-state index is -0.0349. The second-order valence-corrected chi connectivity index (χ2v) is 6.78. The number of carbonyl (C=O) groups is 2. The van der Waals surface area contributed by atoms with Crippen LogP contribution in [0.3, 0.4) is 0 Å². The molecular formula is C18H24N4O2. The van der Waals surface area contributed by atoms with Gasteiger partial charge in [0.25, 0.3) is 5.91 Å². The number of piperidine rings is 1. The molecule has 2 amide bonds. The van der Waals surface area contributed by atoms with Crippen molar-refractivity contribution in [2.75, 3.05) is 19.6 Å². The largest absolute Gasteiger partial charge is 0.356 e. The van der Waals surface area contributed by atoms with Gasteiger partial charge in [0.1, 0.15) is 0 Å². The van der Waals surface area contributed by atoms with Crippen LogP contribution in [0.25, 0.3) is 10.9 Å². The van der Waals surface area contributed by atoms with Gasteiger partial charge in [0.2, 0.25) is 5.91 Å². The number of H-pyrrole nitrogens is 1. The number of benzene rings is 1. The topological polar surface area (TPSA) is 78.1 Å². The van der Waals surface area contributed by atoms with Crippen molar-refractivity contribution in [2.45, 2.75) is 26.7 Å². The van der Waals surface area contributed by atoms with Gasteiger partial charge in [-0.2, -0.15) is 5.10 Å². The fraction of sp³-hybridized carbons (Fsp3) is 0.500. The van der Waals surface area contributed by atoms with Gasteiger partial charge in [-0.3, -0.25) is 14.7 Å². The third-order valence-corrected chi connectivity index (χ3v) is 4.57. The maximum atomic E-state index is 12.8. The van der Waals surface area contributed by atoms with E-state index in [-0.39, 0.29) is 17.7 Å². The number of amides is 2. The molecule has 1 unspecified atom stereocenters. The lowest BCUT2D eigenvalue weighted by Gasteiger charge is -2.32. The number of hydrogen-bond acceptors (Lipinski definition) is 3. The first-order chi connectivity index (χ1) is 11.6. The number of carbonyl (C=O) groups excluding carboxylic acids is 2. The Morgan fingerprint density at radius 2 is 2.17 bits per heavy atom. The Morgan fingerprint density at radius 3 is 2.96 bits per heavy atom. The Hall–Kier alpha value is -2.37. The first kappa shape index (κ1) is 16.5. The summed E-state index contributed by atoms with van der Waals surface area (Å²) in [5.74, 6) is 0.321. The molecule has 3 rings (SSSR count). The van der Waals surface area contributed by atoms with E-state index in [1.807, 2.05) is 43.0 Å². The normalized spacial score (nSPS) is 18.1. The number of aromatic amines is 1. The van der Waals surface area contributed by atoms with E-state index in [4.69, 9.17) is 0 Å². The van der Waals surface area contributed by atoms with E-state index in [0.717, 1.165) is 30.3 Å². The van der Waals surface area contributed by atoms with E-state index in [1.165, 1.54) is 0 Å². The minimum Gasteiger partial charge on any atom is -0.356 e. The van der Waals surface area contributed by atoms with Crippen molar-refractivity contribution >= 4 is 22.7 Å². The molecule has 1 atom stereocenters. The molecule has 1 aromatic heterocycles. The predicted octanol–water partition coefficient (Wildman–Crippen LogP) is 2.19. The third-order valence-electron chi connectivity index (χ3n) is 4.57. The van der Waals surface area contributed by atoms with Crippen LogP contribution in [0, 0.1) is 11.8 Å². The average molecular weight is 328 g/mol. The Bertz CT molecular complexity index is 737. The van der Waals surface area contributed by atoms with Gasteiger partial charge in [-0.15, -0.1) is 0 Å². The Balaban J connectivity index is 1.66. The number of aromatic nitrogens is 2. The highest BCUT2D eigenvalue weighted by Crippen LogP contribution is 2.21. The highest BCUT2D eigenvalue weighted by Gasteiger charge is 2.27. The van der Waals surface area contributed by atoms with Crippen molar-refractivity contribution in [3.63, 3.8) is 0 Å². The van der Waals surface area contributed by atoms with Crippen molar-refractivity contribution in [1.82, 2.24) is 20.4 Å². The van der Waals surface area contributed by atoms with Gasteiger partial charge in [0.05, 0.1) is 5.52 Å². The van der Waals surface area contributed by atoms with E-state index >= 15 is 0 Å². The molecule has 0 saturated carbocycles. The number of para-hydroxylation sites is 1. The van der Waals surface area contributed by atoms with Gasteiger partial charge >= 0.3 is 0 Å². The van der Waals surface area contributed by atoms with Gasteiger partial charge in [0.15, 0.2) is 5.69 Å². The van der Waals surface area contributed by atoms with Crippen LogP contribution < -0.4 is 5.32 Å². The van der Waals surface area contributed by atoms with E-state index in [1.54, 1.807) is 0 Å². The molecule has 2 N–H and O–H groups in total. The number of nitrogens with one attached hydrogen (secondary N) is 2. The van der Waals surface area contributed by atoms with Crippen molar-refractivity contribution < 1.29 is 9.59 Å². The molecule has 6 heteroatoms. The summed E-state index contributed by atoms with van der Waals surface area (Å²) in [6.07, 6.45) is 1.99. The number of likely N-dealkylation sites (tertiary alicyclic amines) is 1. The summed E-state index contributed by atoms with van der Waals surface area (Å²) in [6, 6.07) is 7.66. The standard InChI is InChI=1S/C18H24N4O2/c1-12(2)17(23)19-10-13-6-5-9-22(11-13)18(24)16-14-7-3-4-8-15(14)20-21-16/h3-4,7-8,12-13H,5-6,9-11H2,1-2H3,(H,19,23)(H,20,21). The van der Waals surface area contributed by atoms with Gasteiger partial charge in [0, 0.05) is 30.9 Å². The predicted molar refractivity (Wildman–Crippen MR) is 92.6 cm³/mol. The molecule has 1 aliphatic rings. The molecule has 2 heterocycles. The van der Waals surface area contributed by atoms with Gasteiger partial charge in [-0.1, -0.05) is 32.0 Å². The lowest BCUT2D eigenvalue weighted by molar-refractivity contribution is -0.124. The summed E-state index contributed by atoms with van der Waals surface area (Å²) in [5.41, 5.74) is 1.36. The molecule has 0 bridgehead atoms. The minimum absolute atomic E-state index is 0.0123. The molecule has 0 spiro atoms. The number of nitrogens with zero attached hydrogens (tertiary/aromatic N) is 2. The van der Waals surface area contributed by atoms with Gasteiger partial charge < -0.3 is 10.2 Å². The third kappa shape index (κ3) is 3.42. The molecule has 1 aromatic carbocycles. The van der Waals surface area contributed by atoms with Crippen molar-refractivity contribution in [3.8, 4) is 0 Å². The van der Waals surface area contributed by atoms with E-state index in [2.05, 4.69) is 15.5 Å². The molecule has 1 saturated heterocycles. The maximum absolute atomic E-state index is 12.8. The summed E-state index contributed by atoms with van der Waals surface area (Å²) in [4.78, 5) is 26.4. The van der Waals surface area contributed by atoms with Crippen molar-refractivity contribution in [3.05, 3.63) is 30.0 Å². The average Bonchev–Trinajstić information content (AvgIpc) is 3.03. The summed E-state index contributed by atoms with van der Waals surface area (Å²) in [7, 11) is 0. The quantitative estimate of drug-likeness (QED) is 0.903. The van der Waals surface area contributed by atoms with Crippen LogP contribution in [0.1, 0.15) is 37.2 Å². The van der Waals surface area contributed by atoms with E-state index in [9.17, 15) is 9.59 Å². The van der Waals surface area contributed by atoms with Crippen LogP contribution in [0.4, 0.5) is 0 Å². The number of hydrogen-bond donors (Lipinski definition) is 2. The lowest BCUT2D eigenvalue weighted by atomic mass is 9.97. The molecule has 128 valence electrons. The smallest absolute Gasteiger partial charge is 0.275 e. The molecule has 6 nitrogen and oxygen atoms in total. The molecule has 2 aromatic rings. The van der Waals surface area contributed by atoms with E-state index < -0.39 is 0 Å². The monoisotopic (exact) mass is 328 g/mol. The first-order valence-electron chi connectivity index (χ1n) is 8.56. The summed E-state index contributed by atoms with van der Waals surface area (Å²) in [6.45, 7) is 5.80. The summed E-state index contributed by atoms with van der Waals surface area (Å²) < 4.78 is 0. The van der Waals surface area contributed by atoms with Crippen LogP contribution in [0.15, 0.2) is 24.3 Å². The molecule has 1 aliphatic heterocycles. The van der Waals surface area contributed by atoms with Crippen molar-refractivity contribution in [2.24, 2.45) is 11.8 Å². The summed E-state index contributed by atoms with van der Waals surface area (Å²) >= 11 is 0. The van der Waals surface area contributed by atoms with Crippen LogP contribution in [-0.2, 0) is 4.79 Å². The Labute approximate surface area is 141 Å². The molecule has 0 radical (unpaired) electrons. The molecule has 1 fully saturated rings. The lowest BCUT2D eigenvalue weighted by Crippen LogP contribution is -2.44. The van der Waals surface area contributed by atoms with Crippen LogP contribution in [0.5, 0.6) is 0 Å². The fourth-order valence-electron chi connectivity index (χ4n) is 3.14. The van der Waals surface area contributed by atoms with Crippen LogP contribution in [-0.4, -0.2) is 46.5 Å². The zero-order valence-corrected chi connectivity index (χ0v) is 14.2. The second-order valence-electron chi connectivity index (χ2n) is 6.78. The zero-order valence-electron chi connectivity index (χ0n) is 14.2. The van der Waals surface area contributed by atoms with Crippen molar-refractivity contribution in [1.29, 1.82) is 0 Å². The Morgan fingerprint density at radius 1 is 1.38 bits per heavy atom. The molecule has 0 aliphatic carbocycles. The molecule has 24 heavy (non-hydrogen) atoms. The highest BCUT2D eigenvalue weighted by atomic mass is 16.2. The number of rotatable bonds is 4. The maximum Gasteiger partial charge on any atom is 0.275 e. The SMILES string of the molecule is CC(C)C(=O)NCC1CCCN(C(=O)c2n[nH]c3ccccc23)C1. The molecular weight excluding hydrogens is 304 g/mol. The summed E-state index contributed by atoms with van der Waals surface area (Å²) in [5, 5.41) is 11.0. The fourth-order valence-corrected chi connectivity index (χ4v) is 3.14. The van der Waals surface area contributed by atoms with Gasteiger partial charge in [-0.05, 0) is 24.8 Å². The van der Waals surface area contributed by atoms with Crippen LogP contribution >= 0.6 is 0 Å². The highest BCUT2D eigenvalue weighted by molar-refractivity contribution is 6.04. The van der Waals surface area contributed by atoms with Gasteiger partial charge in [-0.25, -0.2) is 0 Å². The first-order valence-corrected chi connectivity index (χ1v) is 8.56. The van der Waals surface area contributed by atoms with E-state index in [0.29, 0.717) is 24.7 Å². The Kier molecular flexibility index (Phi) is 4.83.